The Kier molecular flexibility index (Phi) is 5.63. The molecule has 0 atom stereocenters. The summed E-state index contributed by atoms with van der Waals surface area (Å²) < 4.78 is 23.9. The lowest BCUT2D eigenvalue weighted by molar-refractivity contribution is -0.116. The molecule has 5 nitrogen and oxygen atoms in total. The largest absolute Gasteiger partial charge is 0.494 e. The van der Waals surface area contributed by atoms with Gasteiger partial charge in [-0.15, -0.1) is 0 Å². The number of carbonyl (C=O) groups is 1. The quantitative estimate of drug-likeness (QED) is 0.681. The number of ether oxygens (including phenoxy) is 1. The van der Waals surface area contributed by atoms with Crippen LogP contribution in [0.15, 0.2) is 59.1 Å². The van der Waals surface area contributed by atoms with E-state index >= 15 is 0 Å². The van der Waals surface area contributed by atoms with Gasteiger partial charge in [-0.1, -0.05) is 0 Å². The van der Waals surface area contributed by atoms with Gasteiger partial charge in [0.1, 0.15) is 11.6 Å². The first-order chi connectivity index (χ1) is 12.6. The van der Waals surface area contributed by atoms with Crippen LogP contribution in [0.25, 0.3) is 11.3 Å². The SMILES string of the molecule is CCOc1ccc(NC(=O)CCc2ncc(-c3ccc(F)cc3)o2)cc1. The third-order valence-electron chi connectivity index (χ3n) is 3.70. The van der Waals surface area contributed by atoms with Crippen molar-refractivity contribution in [3.63, 3.8) is 0 Å². The zero-order chi connectivity index (χ0) is 18.4. The van der Waals surface area contributed by atoms with Gasteiger partial charge in [-0.25, -0.2) is 9.37 Å². The summed E-state index contributed by atoms with van der Waals surface area (Å²) in [4.78, 5) is 16.2. The Morgan fingerprint density at radius 2 is 1.88 bits per heavy atom. The van der Waals surface area contributed by atoms with Gasteiger partial charge < -0.3 is 14.5 Å². The van der Waals surface area contributed by atoms with Crippen molar-refractivity contribution in [3.05, 3.63) is 66.4 Å². The smallest absolute Gasteiger partial charge is 0.224 e. The molecule has 6 heteroatoms. The molecule has 0 aliphatic carbocycles. The van der Waals surface area contributed by atoms with Crippen LogP contribution in [0.4, 0.5) is 10.1 Å². The predicted molar refractivity (Wildman–Crippen MR) is 96.5 cm³/mol. The molecule has 0 unspecified atom stereocenters. The molecule has 0 spiro atoms. The second kappa shape index (κ2) is 8.29. The molecule has 1 heterocycles. The van der Waals surface area contributed by atoms with Crippen LogP contribution in [-0.2, 0) is 11.2 Å². The van der Waals surface area contributed by atoms with Crippen molar-refractivity contribution in [1.29, 1.82) is 0 Å². The average molecular weight is 354 g/mol. The van der Waals surface area contributed by atoms with Gasteiger partial charge in [-0.3, -0.25) is 4.79 Å². The summed E-state index contributed by atoms with van der Waals surface area (Å²) in [5, 5.41) is 2.82. The van der Waals surface area contributed by atoms with Crippen molar-refractivity contribution in [1.82, 2.24) is 4.98 Å². The molecule has 0 saturated heterocycles. The molecule has 1 amide bonds. The van der Waals surface area contributed by atoms with Gasteiger partial charge in [0.2, 0.25) is 5.91 Å². The minimum Gasteiger partial charge on any atom is -0.494 e. The molecule has 0 fully saturated rings. The number of hydrogen-bond donors (Lipinski definition) is 1. The van der Waals surface area contributed by atoms with E-state index in [2.05, 4.69) is 10.3 Å². The van der Waals surface area contributed by atoms with E-state index in [1.165, 1.54) is 12.1 Å². The minimum atomic E-state index is -0.306. The number of oxazole rings is 1. The molecule has 0 aliphatic heterocycles. The summed E-state index contributed by atoms with van der Waals surface area (Å²) >= 11 is 0. The van der Waals surface area contributed by atoms with Gasteiger partial charge in [0.25, 0.3) is 0 Å². The standard InChI is InChI=1S/C20H19FN2O3/c1-2-25-17-9-7-16(8-10-17)23-19(24)11-12-20-22-13-18(26-20)14-3-5-15(21)6-4-14/h3-10,13H,2,11-12H2,1H3,(H,23,24). The first-order valence-corrected chi connectivity index (χ1v) is 8.37. The molecule has 1 N–H and O–H groups in total. The molecular weight excluding hydrogens is 335 g/mol. The Bertz CT molecular complexity index is 858. The summed E-state index contributed by atoms with van der Waals surface area (Å²) in [6, 6.07) is 13.2. The highest BCUT2D eigenvalue weighted by Gasteiger charge is 2.09. The van der Waals surface area contributed by atoms with E-state index in [-0.39, 0.29) is 18.1 Å². The van der Waals surface area contributed by atoms with Crippen LogP contribution in [0.3, 0.4) is 0 Å². The van der Waals surface area contributed by atoms with Crippen molar-refractivity contribution in [2.24, 2.45) is 0 Å². The number of aryl methyl sites for hydroxylation is 1. The van der Waals surface area contributed by atoms with Crippen molar-refractivity contribution in [2.45, 2.75) is 19.8 Å². The highest BCUT2D eigenvalue weighted by Crippen LogP contribution is 2.21. The highest BCUT2D eigenvalue weighted by molar-refractivity contribution is 5.90. The number of halogens is 1. The van der Waals surface area contributed by atoms with Crippen LogP contribution in [-0.4, -0.2) is 17.5 Å². The van der Waals surface area contributed by atoms with E-state index in [0.717, 1.165) is 11.3 Å². The van der Waals surface area contributed by atoms with E-state index in [1.807, 2.05) is 19.1 Å². The van der Waals surface area contributed by atoms with Crippen LogP contribution in [0, 0.1) is 5.82 Å². The lowest BCUT2D eigenvalue weighted by atomic mass is 10.2. The number of carbonyl (C=O) groups excluding carboxylic acids is 1. The monoisotopic (exact) mass is 354 g/mol. The fraction of sp³-hybridized carbons (Fsp3) is 0.200. The van der Waals surface area contributed by atoms with Gasteiger partial charge in [0.05, 0.1) is 12.8 Å². The molecule has 1 aromatic heterocycles. The first-order valence-electron chi connectivity index (χ1n) is 8.37. The van der Waals surface area contributed by atoms with E-state index in [9.17, 15) is 9.18 Å². The Morgan fingerprint density at radius 3 is 2.58 bits per heavy atom. The van der Waals surface area contributed by atoms with E-state index < -0.39 is 0 Å². The predicted octanol–water partition coefficient (Wildman–Crippen LogP) is 4.45. The Morgan fingerprint density at radius 1 is 1.15 bits per heavy atom. The van der Waals surface area contributed by atoms with Gasteiger partial charge in [-0.2, -0.15) is 0 Å². The van der Waals surface area contributed by atoms with E-state index in [4.69, 9.17) is 9.15 Å². The van der Waals surface area contributed by atoms with Crippen molar-refractivity contribution >= 4 is 11.6 Å². The van der Waals surface area contributed by atoms with Gasteiger partial charge in [-0.05, 0) is 55.5 Å². The van der Waals surface area contributed by atoms with E-state index in [0.29, 0.717) is 30.4 Å². The number of rotatable bonds is 7. The molecule has 2 aromatic carbocycles. The Labute approximate surface area is 150 Å². The minimum absolute atomic E-state index is 0.129. The second-order valence-electron chi connectivity index (χ2n) is 5.63. The maximum Gasteiger partial charge on any atom is 0.224 e. The normalized spacial score (nSPS) is 10.5. The fourth-order valence-corrected chi connectivity index (χ4v) is 2.42. The topological polar surface area (TPSA) is 64.4 Å². The summed E-state index contributed by atoms with van der Waals surface area (Å²) in [6.07, 6.45) is 2.20. The number of benzene rings is 2. The second-order valence-corrected chi connectivity index (χ2v) is 5.63. The Balaban J connectivity index is 1.52. The number of nitrogens with zero attached hydrogens (tertiary/aromatic N) is 1. The number of amides is 1. The Hall–Kier alpha value is -3.15. The lowest BCUT2D eigenvalue weighted by Gasteiger charge is -2.06. The summed E-state index contributed by atoms with van der Waals surface area (Å²) in [5.41, 5.74) is 1.45. The molecule has 3 rings (SSSR count). The molecule has 0 radical (unpaired) electrons. The maximum atomic E-state index is 13.0. The van der Waals surface area contributed by atoms with Gasteiger partial charge in [0, 0.05) is 24.1 Å². The summed E-state index contributed by atoms with van der Waals surface area (Å²) in [7, 11) is 0. The van der Waals surface area contributed by atoms with Gasteiger partial charge >= 0.3 is 0 Å². The van der Waals surface area contributed by atoms with Crippen LogP contribution < -0.4 is 10.1 Å². The fourth-order valence-electron chi connectivity index (χ4n) is 2.42. The first kappa shape index (κ1) is 17.7. The van der Waals surface area contributed by atoms with Crippen LogP contribution in [0.2, 0.25) is 0 Å². The molecule has 3 aromatic rings. The summed E-state index contributed by atoms with van der Waals surface area (Å²) in [6.45, 7) is 2.52. The number of aromatic nitrogens is 1. The number of hydrogen-bond acceptors (Lipinski definition) is 4. The van der Waals surface area contributed by atoms with Gasteiger partial charge in [0.15, 0.2) is 11.7 Å². The summed E-state index contributed by atoms with van der Waals surface area (Å²) in [5.74, 6) is 1.34. The molecular formula is C20H19FN2O3. The molecule has 134 valence electrons. The van der Waals surface area contributed by atoms with Crippen molar-refractivity contribution in [3.8, 4) is 17.1 Å². The van der Waals surface area contributed by atoms with Crippen LogP contribution in [0.1, 0.15) is 19.2 Å². The van der Waals surface area contributed by atoms with E-state index in [1.54, 1.807) is 30.5 Å². The van der Waals surface area contributed by atoms with Crippen LogP contribution in [0.5, 0.6) is 5.75 Å². The lowest BCUT2D eigenvalue weighted by Crippen LogP contribution is -2.12. The number of anilines is 1. The number of nitrogens with one attached hydrogen (secondary N) is 1. The zero-order valence-corrected chi connectivity index (χ0v) is 14.4. The average Bonchev–Trinajstić information content (AvgIpc) is 3.11. The van der Waals surface area contributed by atoms with Crippen LogP contribution >= 0.6 is 0 Å². The zero-order valence-electron chi connectivity index (χ0n) is 14.4. The van der Waals surface area contributed by atoms with Crippen molar-refractivity contribution < 1.29 is 18.3 Å². The van der Waals surface area contributed by atoms with Crippen molar-refractivity contribution in [2.75, 3.05) is 11.9 Å². The molecule has 0 aliphatic rings. The highest BCUT2D eigenvalue weighted by atomic mass is 19.1. The maximum absolute atomic E-state index is 13.0. The molecule has 26 heavy (non-hydrogen) atoms. The molecule has 0 saturated carbocycles. The molecule has 0 bridgehead atoms. The third-order valence-corrected chi connectivity index (χ3v) is 3.70. The third kappa shape index (κ3) is 4.69.